The molecule has 0 bridgehead atoms. The molecule has 1 heterocycles. The number of nitrogens with one attached hydrogen (secondary N) is 1. The number of aryl methyl sites for hydroxylation is 2. The molecule has 1 aromatic rings. The Kier molecular flexibility index (Phi) is 2.65. The summed E-state index contributed by atoms with van der Waals surface area (Å²) >= 11 is 0. The summed E-state index contributed by atoms with van der Waals surface area (Å²) in [6, 6.07) is 1.64. The molecule has 0 spiro atoms. The SMILES string of the molecule is Cc1cc(C(=O)NC2(C(=O)O)CCC2)n(C)n1. The standard InChI is InChI=1S/C11H15N3O3/c1-7-6-8(14(2)13-7)9(15)12-11(10(16)17)4-3-5-11/h6H,3-5H2,1-2H3,(H,12,15)(H,16,17). The molecule has 2 N–H and O–H groups in total. The van der Waals surface area contributed by atoms with Crippen molar-refractivity contribution in [3.05, 3.63) is 17.5 Å². The summed E-state index contributed by atoms with van der Waals surface area (Å²) in [4.78, 5) is 23.1. The number of hydrogen-bond donors (Lipinski definition) is 2. The smallest absolute Gasteiger partial charge is 0.329 e. The van der Waals surface area contributed by atoms with E-state index >= 15 is 0 Å². The predicted octanol–water partition coefficient (Wildman–Crippen LogP) is 0.466. The molecule has 0 aromatic carbocycles. The van der Waals surface area contributed by atoms with Crippen LogP contribution in [0.2, 0.25) is 0 Å². The average molecular weight is 237 g/mol. The summed E-state index contributed by atoms with van der Waals surface area (Å²) in [5.41, 5.74) is 0.0422. The molecule has 0 unspecified atom stereocenters. The van der Waals surface area contributed by atoms with Gasteiger partial charge in [0.25, 0.3) is 5.91 Å². The summed E-state index contributed by atoms with van der Waals surface area (Å²) in [7, 11) is 1.66. The van der Waals surface area contributed by atoms with E-state index in [9.17, 15) is 9.59 Å². The Bertz CT molecular complexity index is 474. The highest BCUT2D eigenvalue weighted by Crippen LogP contribution is 2.32. The van der Waals surface area contributed by atoms with Crippen LogP contribution in [0.25, 0.3) is 0 Å². The molecule has 6 heteroatoms. The number of aliphatic carboxylic acids is 1. The van der Waals surface area contributed by atoms with Gasteiger partial charge in [-0.1, -0.05) is 0 Å². The van der Waals surface area contributed by atoms with Crippen molar-refractivity contribution in [3.8, 4) is 0 Å². The third kappa shape index (κ3) is 1.90. The molecule has 1 saturated carbocycles. The van der Waals surface area contributed by atoms with Crippen LogP contribution in [-0.4, -0.2) is 32.3 Å². The summed E-state index contributed by atoms with van der Waals surface area (Å²) in [5, 5.41) is 15.8. The van der Waals surface area contributed by atoms with Crippen molar-refractivity contribution in [2.75, 3.05) is 0 Å². The number of carboxylic acid groups (broad SMARTS) is 1. The zero-order valence-electron chi connectivity index (χ0n) is 9.86. The van der Waals surface area contributed by atoms with Crippen molar-refractivity contribution in [2.45, 2.75) is 31.7 Å². The quantitative estimate of drug-likeness (QED) is 0.800. The van der Waals surface area contributed by atoms with E-state index in [-0.39, 0.29) is 5.91 Å². The molecule has 0 aliphatic heterocycles. The van der Waals surface area contributed by atoms with Gasteiger partial charge in [0.05, 0.1) is 5.69 Å². The van der Waals surface area contributed by atoms with Crippen LogP contribution in [0.4, 0.5) is 0 Å². The summed E-state index contributed by atoms with van der Waals surface area (Å²) < 4.78 is 1.46. The first kappa shape index (κ1) is 11.6. The lowest BCUT2D eigenvalue weighted by atomic mass is 9.76. The Morgan fingerprint density at radius 2 is 2.18 bits per heavy atom. The molecule has 17 heavy (non-hydrogen) atoms. The van der Waals surface area contributed by atoms with E-state index < -0.39 is 11.5 Å². The fraction of sp³-hybridized carbons (Fsp3) is 0.545. The molecule has 1 fully saturated rings. The van der Waals surface area contributed by atoms with E-state index in [2.05, 4.69) is 10.4 Å². The lowest BCUT2D eigenvalue weighted by Crippen LogP contribution is -2.59. The van der Waals surface area contributed by atoms with E-state index in [0.717, 1.165) is 12.1 Å². The molecule has 6 nitrogen and oxygen atoms in total. The average Bonchev–Trinajstić information content (AvgIpc) is 2.50. The zero-order valence-corrected chi connectivity index (χ0v) is 9.86. The van der Waals surface area contributed by atoms with Crippen LogP contribution in [0.1, 0.15) is 35.4 Å². The number of aromatic nitrogens is 2. The number of rotatable bonds is 3. The van der Waals surface area contributed by atoms with E-state index in [1.54, 1.807) is 20.0 Å². The first-order valence-electron chi connectivity index (χ1n) is 5.51. The fourth-order valence-electron chi connectivity index (χ4n) is 2.03. The molecule has 1 amide bonds. The van der Waals surface area contributed by atoms with Gasteiger partial charge >= 0.3 is 5.97 Å². The molecule has 0 atom stereocenters. The molecular formula is C11H15N3O3. The number of nitrogens with zero attached hydrogens (tertiary/aromatic N) is 2. The molecule has 1 aromatic heterocycles. The molecule has 0 saturated heterocycles. The van der Waals surface area contributed by atoms with E-state index in [0.29, 0.717) is 18.5 Å². The fourth-order valence-corrected chi connectivity index (χ4v) is 2.03. The van der Waals surface area contributed by atoms with Gasteiger partial charge in [0.2, 0.25) is 0 Å². The summed E-state index contributed by atoms with van der Waals surface area (Å²) in [5.74, 6) is -1.34. The van der Waals surface area contributed by atoms with Crippen molar-refractivity contribution in [2.24, 2.45) is 7.05 Å². The van der Waals surface area contributed by atoms with Crippen molar-refractivity contribution in [1.82, 2.24) is 15.1 Å². The van der Waals surface area contributed by atoms with E-state index in [1.165, 1.54) is 4.68 Å². The van der Waals surface area contributed by atoms with Gasteiger partial charge in [-0.2, -0.15) is 5.10 Å². The van der Waals surface area contributed by atoms with Gasteiger partial charge in [-0.15, -0.1) is 0 Å². The Morgan fingerprint density at radius 3 is 2.53 bits per heavy atom. The minimum atomic E-state index is -1.07. The lowest BCUT2D eigenvalue weighted by molar-refractivity contribution is -0.148. The Balaban J connectivity index is 2.17. The second kappa shape index (κ2) is 3.87. The van der Waals surface area contributed by atoms with E-state index in [4.69, 9.17) is 5.11 Å². The predicted molar refractivity (Wildman–Crippen MR) is 59.6 cm³/mol. The highest BCUT2D eigenvalue weighted by atomic mass is 16.4. The highest BCUT2D eigenvalue weighted by Gasteiger charge is 2.46. The van der Waals surface area contributed by atoms with E-state index in [1.807, 2.05) is 0 Å². The Labute approximate surface area is 98.6 Å². The number of carbonyl (C=O) groups is 2. The topological polar surface area (TPSA) is 84.2 Å². The zero-order chi connectivity index (χ0) is 12.6. The normalized spacial score (nSPS) is 17.3. The van der Waals surface area contributed by atoms with Crippen LogP contribution < -0.4 is 5.32 Å². The maximum absolute atomic E-state index is 12.0. The van der Waals surface area contributed by atoms with Gasteiger partial charge < -0.3 is 10.4 Å². The third-order valence-electron chi connectivity index (χ3n) is 3.20. The number of carboxylic acids is 1. The summed E-state index contributed by atoms with van der Waals surface area (Å²) in [6.07, 6.45) is 1.81. The Hall–Kier alpha value is -1.85. The lowest BCUT2D eigenvalue weighted by Gasteiger charge is -2.38. The van der Waals surface area contributed by atoms with Crippen LogP contribution in [0.5, 0.6) is 0 Å². The van der Waals surface area contributed by atoms with Crippen LogP contribution in [0, 0.1) is 6.92 Å². The van der Waals surface area contributed by atoms with Crippen molar-refractivity contribution >= 4 is 11.9 Å². The monoisotopic (exact) mass is 237 g/mol. The van der Waals surface area contributed by atoms with Gasteiger partial charge in [-0.25, -0.2) is 4.79 Å². The van der Waals surface area contributed by atoms with Crippen molar-refractivity contribution in [3.63, 3.8) is 0 Å². The molecule has 0 radical (unpaired) electrons. The largest absolute Gasteiger partial charge is 0.480 e. The van der Waals surface area contributed by atoms with Crippen LogP contribution in [-0.2, 0) is 11.8 Å². The van der Waals surface area contributed by atoms with Crippen molar-refractivity contribution < 1.29 is 14.7 Å². The molecule has 2 rings (SSSR count). The number of carbonyl (C=O) groups excluding carboxylic acids is 1. The van der Waals surface area contributed by atoms with Gasteiger partial charge in [-0.05, 0) is 32.3 Å². The van der Waals surface area contributed by atoms with Crippen LogP contribution in [0.15, 0.2) is 6.07 Å². The van der Waals surface area contributed by atoms with Gasteiger partial charge in [-0.3, -0.25) is 9.48 Å². The minimum Gasteiger partial charge on any atom is -0.480 e. The maximum atomic E-state index is 12.0. The van der Waals surface area contributed by atoms with Crippen LogP contribution >= 0.6 is 0 Å². The molecule has 92 valence electrons. The van der Waals surface area contributed by atoms with Crippen LogP contribution in [0.3, 0.4) is 0 Å². The van der Waals surface area contributed by atoms with Crippen molar-refractivity contribution in [1.29, 1.82) is 0 Å². The van der Waals surface area contributed by atoms with Gasteiger partial charge in [0.1, 0.15) is 11.2 Å². The van der Waals surface area contributed by atoms with Gasteiger partial charge in [0.15, 0.2) is 0 Å². The molecule has 1 aliphatic carbocycles. The third-order valence-corrected chi connectivity index (χ3v) is 3.20. The molecular weight excluding hydrogens is 222 g/mol. The highest BCUT2D eigenvalue weighted by molar-refractivity contribution is 5.97. The first-order chi connectivity index (χ1) is 7.94. The number of amides is 1. The second-order valence-electron chi connectivity index (χ2n) is 4.49. The molecule has 1 aliphatic rings. The number of hydrogen-bond acceptors (Lipinski definition) is 3. The second-order valence-corrected chi connectivity index (χ2v) is 4.49. The summed E-state index contributed by atoms with van der Waals surface area (Å²) in [6.45, 7) is 1.78. The maximum Gasteiger partial charge on any atom is 0.329 e. The minimum absolute atomic E-state index is 0.379. The first-order valence-corrected chi connectivity index (χ1v) is 5.51. The Morgan fingerprint density at radius 1 is 1.53 bits per heavy atom. The van der Waals surface area contributed by atoms with Gasteiger partial charge in [0, 0.05) is 7.05 Å².